The fourth-order valence-corrected chi connectivity index (χ4v) is 1.76. The van der Waals surface area contributed by atoms with E-state index in [4.69, 9.17) is 5.53 Å². The van der Waals surface area contributed by atoms with Crippen LogP contribution in [-0.2, 0) is 9.59 Å². The van der Waals surface area contributed by atoms with Crippen LogP contribution in [-0.4, -0.2) is 54.3 Å². The molecule has 1 fully saturated rings. The molecule has 7 heteroatoms. The molecule has 94 valence electrons. The Bertz CT molecular complexity index is 338. The summed E-state index contributed by atoms with van der Waals surface area (Å²) in [4.78, 5) is 29.2. The highest BCUT2D eigenvalue weighted by atomic mass is 16.2. The lowest BCUT2D eigenvalue weighted by Crippen LogP contribution is -2.54. The van der Waals surface area contributed by atoms with Gasteiger partial charge < -0.3 is 9.80 Å². The maximum atomic E-state index is 11.7. The summed E-state index contributed by atoms with van der Waals surface area (Å²) in [5.41, 5.74) is 8.11. The van der Waals surface area contributed by atoms with Gasteiger partial charge in [0.25, 0.3) is 0 Å². The van der Waals surface area contributed by atoms with E-state index in [0.717, 1.165) is 6.42 Å². The molecule has 0 radical (unpaired) electrons. The van der Waals surface area contributed by atoms with E-state index in [9.17, 15) is 9.59 Å². The molecule has 2 amide bonds. The molecule has 1 aliphatic heterocycles. The molecule has 0 spiro atoms. The first-order valence-electron chi connectivity index (χ1n) is 5.75. The van der Waals surface area contributed by atoms with E-state index >= 15 is 0 Å². The van der Waals surface area contributed by atoms with Crippen molar-refractivity contribution >= 4 is 11.8 Å². The molecule has 1 saturated heterocycles. The number of nitrogens with zero attached hydrogens (tertiary/aromatic N) is 5. The van der Waals surface area contributed by atoms with Crippen LogP contribution >= 0.6 is 0 Å². The van der Waals surface area contributed by atoms with Gasteiger partial charge in [-0.25, -0.2) is 0 Å². The highest BCUT2D eigenvalue weighted by Crippen LogP contribution is 2.06. The van der Waals surface area contributed by atoms with Crippen molar-refractivity contribution in [3.63, 3.8) is 0 Å². The van der Waals surface area contributed by atoms with E-state index in [0.29, 0.717) is 26.1 Å². The highest BCUT2D eigenvalue weighted by molar-refractivity contribution is 5.92. The molecule has 0 aromatic carbocycles. The van der Waals surface area contributed by atoms with Gasteiger partial charge in [-0.05, 0) is 18.4 Å². The summed E-state index contributed by atoms with van der Waals surface area (Å²) in [6.45, 7) is 3.77. The Morgan fingerprint density at radius 2 is 1.82 bits per heavy atom. The molecule has 0 atom stereocenters. The van der Waals surface area contributed by atoms with Gasteiger partial charge in [0.2, 0.25) is 11.8 Å². The minimum atomic E-state index is -0.0287. The fourth-order valence-electron chi connectivity index (χ4n) is 1.76. The number of azide groups is 1. The molecule has 1 heterocycles. The van der Waals surface area contributed by atoms with E-state index in [2.05, 4.69) is 10.0 Å². The lowest BCUT2D eigenvalue weighted by atomic mass is 10.2. The van der Waals surface area contributed by atoms with Crippen molar-refractivity contribution in [2.24, 2.45) is 5.11 Å². The maximum Gasteiger partial charge on any atom is 0.242 e. The highest BCUT2D eigenvalue weighted by Gasteiger charge is 2.28. The van der Waals surface area contributed by atoms with Crippen molar-refractivity contribution in [3.8, 4) is 0 Å². The molecule has 0 saturated carbocycles. The molecule has 0 unspecified atom stereocenters. The molecule has 0 bridgehead atoms. The third-order valence-corrected chi connectivity index (χ3v) is 2.60. The average molecular weight is 239 g/mol. The van der Waals surface area contributed by atoms with E-state index in [1.165, 1.54) is 4.90 Å². The number of carbonyl (C=O) groups is 2. The number of rotatable bonds is 6. The topological polar surface area (TPSA) is 89.4 Å². The third-order valence-electron chi connectivity index (χ3n) is 2.60. The molecule has 0 N–H and O–H groups in total. The van der Waals surface area contributed by atoms with Gasteiger partial charge in [0, 0.05) is 24.5 Å². The Morgan fingerprint density at radius 1 is 1.24 bits per heavy atom. The molecule has 0 aromatic heterocycles. The van der Waals surface area contributed by atoms with Crippen LogP contribution in [0.1, 0.15) is 19.8 Å². The summed E-state index contributed by atoms with van der Waals surface area (Å²) in [6.07, 6.45) is 1.45. The van der Waals surface area contributed by atoms with Crippen molar-refractivity contribution in [1.29, 1.82) is 0 Å². The summed E-state index contributed by atoms with van der Waals surface area (Å²) < 4.78 is 0. The molecule has 1 rings (SSSR count). The van der Waals surface area contributed by atoms with Crippen LogP contribution in [0.25, 0.3) is 10.4 Å². The van der Waals surface area contributed by atoms with Crippen LogP contribution in [0.4, 0.5) is 0 Å². The number of amides is 2. The van der Waals surface area contributed by atoms with Crippen molar-refractivity contribution in [2.45, 2.75) is 19.8 Å². The largest absolute Gasteiger partial charge is 0.332 e. The maximum absolute atomic E-state index is 11.7. The third kappa shape index (κ3) is 3.96. The SMILES string of the molecule is CCCN1CC(=O)N(CCCN=[N+]=[N-])CC1=O. The van der Waals surface area contributed by atoms with Crippen LogP contribution in [0.15, 0.2) is 5.11 Å². The van der Waals surface area contributed by atoms with Gasteiger partial charge in [-0.2, -0.15) is 0 Å². The smallest absolute Gasteiger partial charge is 0.242 e. The predicted octanol–water partition coefficient (Wildman–Crippen LogP) is 0.768. The molecular weight excluding hydrogens is 222 g/mol. The van der Waals surface area contributed by atoms with Gasteiger partial charge >= 0.3 is 0 Å². The van der Waals surface area contributed by atoms with Crippen LogP contribution < -0.4 is 0 Å². The average Bonchev–Trinajstić information content (AvgIpc) is 2.30. The van der Waals surface area contributed by atoms with Crippen molar-refractivity contribution in [3.05, 3.63) is 10.4 Å². The van der Waals surface area contributed by atoms with Gasteiger partial charge in [-0.3, -0.25) is 9.59 Å². The number of piperazine rings is 1. The molecule has 7 nitrogen and oxygen atoms in total. The summed E-state index contributed by atoms with van der Waals surface area (Å²) in [5, 5.41) is 3.39. The summed E-state index contributed by atoms with van der Waals surface area (Å²) >= 11 is 0. The first kappa shape index (κ1) is 13.3. The Hall–Kier alpha value is -1.75. The lowest BCUT2D eigenvalue weighted by molar-refractivity contribution is -0.150. The Labute approximate surface area is 100.0 Å². The number of hydrogen-bond donors (Lipinski definition) is 0. The molecule has 0 aliphatic carbocycles. The Kier molecular flexibility index (Phi) is 5.29. The zero-order valence-corrected chi connectivity index (χ0v) is 10.0. The molecular formula is C10H17N5O2. The minimum absolute atomic E-state index is 0.00441. The van der Waals surface area contributed by atoms with Crippen LogP contribution in [0.2, 0.25) is 0 Å². The van der Waals surface area contributed by atoms with Crippen molar-refractivity contribution < 1.29 is 9.59 Å². The standard InChI is InChI=1S/C10H17N5O2/c1-2-5-14-7-10(17)15(8-9(14)16)6-3-4-12-13-11/h2-8H2,1H3. The molecule has 1 aliphatic rings. The second-order valence-corrected chi connectivity index (χ2v) is 3.94. The predicted molar refractivity (Wildman–Crippen MR) is 62.1 cm³/mol. The van der Waals surface area contributed by atoms with Crippen molar-refractivity contribution in [2.75, 3.05) is 32.7 Å². The fraction of sp³-hybridized carbons (Fsp3) is 0.800. The zero-order chi connectivity index (χ0) is 12.7. The summed E-state index contributed by atoms with van der Waals surface area (Å²) in [5.74, 6) is -0.0331. The lowest BCUT2D eigenvalue weighted by Gasteiger charge is -2.33. The summed E-state index contributed by atoms with van der Waals surface area (Å²) in [7, 11) is 0. The normalized spacial score (nSPS) is 16.1. The first-order chi connectivity index (χ1) is 8.19. The quantitative estimate of drug-likeness (QED) is 0.296. The Morgan fingerprint density at radius 3 is 2.35 bits per heavy atom. The van der Waals surface area contributed by atoms with E-state index in [-0.39, 0.29) is 24.9 Å². The number of hydrogen-bond acceptors (Lipinski definition) is 3. The van der Waals surface area contributed by atoms with E-state index in [1.807, 2.05) is 6.92 Å². The van der Waals surface area contributed by atoms with E-state index in [1.54, 1.807) is 4.90 Å². The monoisotopic (exact) mass is 239 g/mol. The first-order valence-corrected chi connectivity index (χ1v) is 5.75. The van der Waals surface area contributed by atoms with Crippen LogP contribution in [0, 0.1) is 0 Å². The van der Waals surface area contributed by atoms with Crippen LogP contribution in [0.5, 0.6) is 0 Å². The molecule has 17 heavy (non-hydrogen) atoms. The van der Waals surface area contributed by atoms with Gasteiger partial charge in [0.15, 0.2) is 0 Å². The minimum Gasteiger partial charge on any atom is -0.332 e. The Balaban J connectivity index is 2.41. The summed E-state index contributed by atoms with van der Waals surface area (Å²) in [6, 6.07) is 0. The van der Waals surface area contributed by atoms with Gasteiger partial charge in [-0.15, -0.1) is 0 Å². The molecule has 0 aromatic rings. The van der Waals surface area contributed by atoms with Gasteiger partial charge in [-0.1, -0.05) is 12.0 Å². The number of carbonyl (C=O) groups excluding carboxylic acids is 2. The van der Waals surface area contributed by atoms with Crippen molar-refractivity contribution in [1.82, 2.24) is 9.80 Å². The van der Waals surface area contributed by atoms with Gasteiger partial charge in [0.1, 0.15) is 0 Å². The second kappa shape index (κ2) is 6.75. The van der Waals surface area contributed by atoms with Gasteiger partial charge in [0.05, 0.1) is 13.1 Å². The zero-order valence-electron chi connectivity index (χ0n) is 10.0. The van der Waals surface area contributed by atoms with Crippen LogP contribution in [0.3, 0.4) is 0 Å². The van der Waals surface area contributed by atoms with E-state index < -0.39 is 0 Å². The second-order valence-electron chi connectivity index (χ2n) is 3.94.